The van der Waals surface area contributed by atoms with Gasteiger partial charge in [-0.05, 0) is 31.8 Å². The molecule has 0 bridgehead atoms. The molecule has 1 heterocycles. The molecular formula is C17H32N2O5. The highest BCUT2D eigenvalue weighted by molar-refractivity contribution is 5.76. The minimum Gasteiger partial charge on any atom is -0.481 e. The van der Waals surface area contributed by atoms with Crippen LogP contribution in [-0.4, -0.2) is 74.0 Å². The Morgan fingerprint density at radius 2 is 1.75 bits per heavy atom. The summed E-state index contributed by atoms with van der Waals surface area (Å²) in [6.07, 6.45) is 2.56. The Morgan fingerprint density at radius 3 is 2.33 bits per heavy atom. The summed E-state index contributed by atoms with van der Waals surface area (Å²) in [4.78, 5) is 24.8. The molecule has 0 aliphatic carbocycles. The Hall–Kier alpha value is -1.18. The van der Waals surface area contributed by atoms with Crippen molar-refractivity contribution in [2.24, 2.45) is 5.92 Å². The Bertz CT molecular complexity index is 370. The van der Waals surface area contributed by atoms with Gasteiger partial charge in [-0.2, -0.15) is 0 Å². The van der Waals surface area contributed by atoms with Crippen LogP contribution in [0.15, 0.2) is 0 Å². The minimum absolute atomic E-state index is 0.00714. The highest BCUT2D eigenvalue weighted by Gasteiger charge is 2.25. The zero-order valence-electron chi connectivity index (χ0n) is 15.0. The summed E-state index contributed by atoms with van der Waals surface area (Å²) in [6, 6.07) is 0.299. The predicted molar refractivity (Wildman–Crippen MR) is 91.0 cm³/mol. The molecule has 1 aliphatic heterocycles. The lowest BCUT2D eigenvalue weighted by atomic mass is 10.0. The van der Waals surface area contributed by atoms with E-state index in [1.807, 2.05) is 4.90 Å². The van der Waals surface area contributed by atoms with Gasteiger partial charge >= 0.3 is 5.97 Å². The average molecular weight is 344 g/mol. The highest BCUT2D eigenvalue weighted by atomic mass is 16.5. The van der Waals surface area contributed by atoms with Gasteiger partial charge < -0.3 is 24.8 Å². The van der Waals surface area contributed by atoms with E-state index in [1.165, 1.54) is 0 Å². The van der Waals surface area contributed by atoms with E-state index >= 15 is 0 Å². The summed E-state index contributed by atoms with van der Waals surface area (Å²) in [5.74, 6) is -0.305. The summed E-state index contributed by atoms with van der Waals surface area (Å²) >= 11 is 0. The molecule has 1 fully saturated rings. The number of aliphatic carboxylic acids is 1. The smallest absolute Gasteiger partial charge is 0.305 e. The number of rotatable bonds is 12. The molecule has 140 valence electrons. The van der Waals surface area contributed by atoms with Gasteiger partial charge in [0.1, 0.15) is 0 Å². The number of nitrogens with one attached hydrogen (secondary N) is 1. The van der Waals surface area contributed by atoms with Crippen LogP contribution in [0.2, 0.25) is 0 Å². The van der Waals surface area contributed by atoms with Crippen molar-refractivity contribution < 1.29 is 24.2 Å². The summed E-state index contributed by atoms with van der Waals surface area (Å²) in [7, 11) is 0. The number of amides is 1. The number of hydrogen-bond donors (Lipinski definition) is 2. The topological polar surface area (TPSA) is 88.1 Å². The van der Waals surface area contributed by atoms with E-state index in [-0.39, 0.29) is 18.9 Å². The van der Waals surface area contributed by atoms with Crippen molar-refractivity contribution in [3.05, 3.63) is 0 Å². The lowest BCUT2D eigenvalue weighted by Gasteiger charge is -2.35. The van der Waals surface area contributed by atoms with Crippen LogP contribution in [0, 0.1) is 5.92 Å². The van der Waals surface area contributed by atoms with Gasteiger partial charge in [-0.3, -0.25) is 9.59 Å². The van der Waals surface area contributed by atoms with Crippen LogP contribution < -0.4 is 5.32 Å². The van der Waals surface area contributed by atoms with Crippen molar-refractivity contribution in [1.82, 2.24) is 10.2 Å². The summed E-state index contributed by atoms with van der Waals surface area (Å²) in [5.41, 5.74) is 0. The number of carbonyl (C=O) groups is 2. The first-order valence-electron chi connectivity index (χ1n) is 8.88. The van der Waals surface area contributed by atoms with Gasteiger partial charge in [0.15, 0.2) is 0 Å². The Kier molecular flexibility index (Phi) is 10.6. The fourth-order valence-electron chi connectivity index (χ4n) is 2.74. The van der Waals surface area contributed by atoms with Crippen LogP contribution in [0.3, 0.4) is 0 Å². The first-order chi connectivity index (χ1) is 11.5. The second kappa shape index (κ2) is 12.2. The van der Waals surface area contributed by atoms with E-state index in [2.05, 4.69) is 19.2 Å². The summed E-state index contributed by atoms with van der Waals surface area (Å²) in [5, 5.41) is 11.8. The Morgan fingerprint density at radius 1 is 1.12 bits per heavy atom. The molecule has 1 aliphatic rings. The molecule has 1 amide bonds. The predicted octanol–water partition coefficient (Wildman–Crippen LogP) is 1.12. The molecule has 7 nitrogen and oxygen atoms in total. The van der Waals surface area contributed by atoms with E-state index in [4.69, 9.17) is 14.6 Å². The Labute approximate surface area is 144 Å². The molecule has 0 radical (unpaired) electrons. The van der Waals surface area contributed by atoms with E-state index in [0.29, 0.717) is 44.7 Å². The van der Waals surface area contributed by atoms with E-state index in [1.54, 1.807) is 0 Å². The third kappa shape index (κ3) is 9.20. The number of carbonyl (C=O) groups excluding carboxylic acids is 1. The quantitative estimate of drug-likeness (QED) is 0.516. The van der Waals surface area contributed by atoms with Gasteiger partial charge in [-0.15, -0.1) is 0 Å². The number of nitrogens with zero attached hydrogens (tertiary/aromatic N) is 1. The number of ether oxygens (including phenoxy) is 2. The molecule has 0 aromatic rings. The molecule has 0 saturated carbocycles. The maximum Gasteiger partial charge on any atom is 0.305 e. The normalized spacial score (nSPS) is 15.6. The molecule has 0 spiro atoms. The minimum atomic E-state index is -0.864. The molecule has 0 aromatic heterocycles. The van der Waals surface area contributed by atoms with Crippen LogP contribution in [0.4, 0.5) is 0 Å². The van der Waals surface area contributed by atoms with E-state index < -0.39 is 5.97 Å². The van der Waals surface area contributed by atoms with Crippen molar-refractivity contribution in [3.63, 3.8) is 0 Å². The number of carboxylic acid groups (broad SMARTS) is 1. The largest absolute Gasteiger partial charge is 0.481 e. The van der Waals surface area contributed by atoms with Crippen LogP contribution >= 0.6 is 0 Å². The maximum absolute atomic E-state index is 12.5. The third-order valence-electron chi connectivity index (χ3n) is 3.96. The van der Waals surface area contributed by atoms with E-state index in [0.717, 1.165) is 25.9 Å². The fraction of sp³-hybridized carbons (Fsp3) is 0.882. The Balaban J connectivity index is 2.26. The zero-order chi connectivity index (χ0) is 17.8. The monoisotopic (exact) mass is 344 g/mol. The van der Waals surface area contributed by atoms with Crippen molar-refractivity contribution in [3.8, 4) is 0 Å². The van der Waals surface area contributed by atoms with Crippen LogP contribution in [0.1, 0.15) is 39.5 Å². The molecule has 0 aromatic carbocycles. The number of carboxylic acids is 1. The third-order valence-corrected chi connectivity index (χ3v) is 3.96. The van der Waals surface area contributed by atoms with Crippen molar-refractivity contribution in [2.45, 2.75) is 45.6 Å². The number of hydrogen-bond acceptors (Lipinski definition) is 5. The van der Waals surface area contributed by atoms with Gasteiger partial charge in [0.05, 0.1) is 32.8 Å². The second-order valence-electron chi connectivity index (χ2n) is 6.53. The highest BCUT2D eigenvalue weighted by Crippen LogP contribution is 2.15. The van der Waals surface area contributed by atoms with Crippen LogP contribution in [-0.2, 0) is 19.1 Å². The lowest BCUT2D eigenvalue weighted by Crippen LogP contribution is -2.47. The molecule has 0 unspecified atom stereocenters. The lowest BCUT2D eigenvalue weighted by molar-refractivity contribution is -0.138. The van der Waals surface area contributed by atoms with E-state index in [9.17, 15) is 9.59 Å². The first kappa shape index (κ1) is 20.9. The fourth-order valence-corrected chi connectivity index (χ4v) is 2.74. The van der Waals surface area contributed by atoms with Gasteiger partial charge in [0.2, 0.25) is 5.91 Å². The van der Waals surface area contributed by atoms with Crippen LogP contribution in [0.5, 0.6) is 0 Å². The van der Waals surface area contributed by atoms with Gasteiger partial charge in [0.25, 0.3) is 0 Å². The average Bonchev–Trinajstić information content (AvgIpc) is 2.53. The standard InChI is InChI=1S/C17H32N2O5/c1-14(2)13-16(20)19(15-3-6-18-7-4-15)8-10-24-12-11-23-9-5-17(21)22/h14-15,18H,3-13H2,1-2H3,(H,21,22). The first-order valence-corrected chi connectivity index (χ1v) is 8.88. The second-order valence-corrected chi connectivity index (χ2v) is 6.53. The molecule has 2 N–H and O–H groups in total. The molecule has 1 rings (SSSR count). The number of piperidine rings is 1. The summed E-state index contributed by atoms with van der Waals surface area (Å²) < 4.78 is 10.7. The molecule has 24 heavy (non-hydrogen) atoms. The van der Waals surface area contributed by atoms with Crippen LogP contribution in [0.25, 0.3) is 0 Å². The zero-order valence-corrected chi connectivity index (χ0v) is 15.0. The van der Waals surface area contributed by atoms with Gasteiger partial charge in [-0.25, -0.2) is 0 Å². The SMILES string of the molecule is CC(C)CC(=O)N(CCOCCOCCC(=O)O)C1CCNCC1. The molecule has 0 atom stereocenters. The van der Waals surface area contributed by atoms with Crippen molar-refractivity contribution in [2.75, 3.05) is 46.1 Å². The van der Waals surface area contributed by atoms with Gasteiger partial charge in [0, 0.05) is 19.0 Å². The van der Waals surface area contributed by atoms with Crippen molar-refractivity contribution >= 4 is 11.9 Å². The van der Waals surface area contributed by atoms with Gasteiger partial charge in [-0.1, -0.05) is 13.8 Å². The van der Waals surface area contributed by atoms with Crippen molar-refractivity contribution in [1.29, 1.82) is 0 Å². The maximum atomic E-state index is 12.5. The summed E-state index contributed by atoms with van der Waals surface area (Å²) in [6.45, 7) is 8.10. The molecule has 7 heteroatoms. The molecular weight excluding hydrogens is 312 g/mol. The molecule has 1 saturated heterocycles.